The maximum absolute atomic E-state index is 12.9. The molecule has 0 radical (unpaired) electrons. The summed E-state index contributed by atoms with van der Waals surface area (Å²) in [6.07, 6.45) is 9.75. The predicted octanol–water partition coefficient (Wildman–Crippen LogP) is 5.61. The van der Waals surface area contributed by atoms with E-state index in [1.54, 1.807) is 13.3 Å². The molecule has 0 aliphatic heterocycles. The molecule has 0 unspecified atom stereocenters. The summed E-state index contributed by atoms with van der Waals surface area (Å²) in [5, 5.41) is 8.18. The molecular formula is C25H27N3O2. The highest BCUT2D eigenvalue weighted by molar-refractivity contribution is 6.09. The van der Waals surface area contributed by atoms with E-state index in [4.69, 9.17) is 4.74 Å². The van der Waals surface area contributed by atoms with Gasteiger partial charge in [-0.25, -0.2) is 4.98 Å². The fourth-order valence-electron chi connectivity index (χ4n) is 3.91. The van der Waals surface area contributed by atoms with Crippen molar-refractivity contribution in [3.05, 3.63) is 71.9 Å². The topological polar surface area (TPSA) is 63.2 Å². The predicted molar refractivity (Wildman–Crippen MR) is 122 cm³/mol. The van der Waals surface area contributed by atoms with Gasteiger partial charge >= 0.3 is 0 Å². The van der Waals surface area contributed by atoms with Crippen molar-refractivity contribution in [2.24, 2.45) is 0 Å². The lowest BCUT2D eigenvalue weighted by molar-refractivity contribution is 0.0955. The van der Waals surface area contributed by atoms with Crippen molar-refractivity contribution in [3.8, 4) is 5.75 Å². The van der Waals surface area contributed by atoms with Gasteiger partial charge in [0.05, 0.1) is 18.4 Å². The number of rotatable bonds is 7. The fraction of sp³-hybridized carbons (Fsp3) is 0.280. The zero-order valence-corrected chi connectivity index (χ0v) is 17.3. The van der Waals surface area contributed by atoms with Gasteiger partial charge in [-0.1, -0.05) is 48.0 Å². The Labute approximate surface area is 177 Å². The maximum Gasteiger partial charge on any atom is 0.253 e. The number of carbonyl (C=O) groups excluding carboxylic acids is 1. The summed E-state index contributed by atoms with van der Waals surface area (Å²) in [6.45, 7) is 0.653. The molecule has 5 nitrogen and oxygen atoms in total. The molecule has 1 aliphatic rings. The van der Waals surface area contributed by atoms with Crippen LogP contribution in [-0.4, -0.2) is 24.5 Å². The van der Waals surface area contributed by atoms with Crippen LogP contribution in [0.4, 0.5) is 11.5 Å². The lowest BCUT2D eigenvalue weighted by atomic mass is 9.97. The summed E-state index contributed by atoms with van der Waals surface area (Å²) in [7, 11) is 1.64. The van der Waals surface area contributed by atoms with E-state index >= 15 is 0 Å². The summed E-state index contributed by atoms with van der Waals surface area (Å²) in [5.74, 6) is 1.35. The highest BCUT2D eigenvalue weighted by Gasteiger charge is 2.14. The van der Waals surface area contributed by atoms with Gasteiger partial charge in [0.25, 0.3) is 5.91 Å². The average molecular weight is 402 g/mol. The Bertz CT molecular complexity index is 1070. The number of carbonyl (C=O) groups is 1. The minimum absolute atomic E-state index is 0.0843. The van der Waals surface area contributed by atoms with Gasteiger partial charge < -0.3 is 15.4 Å². The molecule has 3 aromatic rings. The molecule has 1 heterocycles. The third kappa shape index (κ3) is 4.46. The van der Waals surface area contributed by atoms with Crippen molar-refractivity contribution in [2.75, 3.05) is 19.0 Å². The number of para-hydroxylation sites is 2. The number of ether oxygens (including phenoxy) is 1. The quantitative estimate of drug-likeness (QED) is 0.505. The molecule has 1 amide bonds. The Hall–Kier alpha value is -3.34. The lowest BCUT2D eigenvalue weighted by Crippen LogP contribution is -2.25. The van der Waals surface area contributed by atoms with Crippen LogP contribution in [0.15, 0.2) is 66.4 Å². The molecule has 5 heteroatoms. The van der Waals surface area contributed by atoms with Crippen molar-refractivity contribution in [1.82, 2.24) is 10.3 Å². The number of benzene rings is 2. The molecule has 1 aliphatic carbocycles. The first-order chi connectivity index (χ1) is 14.8. The number of methoxy groups -OCH3 is 1. The summed E-state index contributed by atoms with van der Waals surface area (Å²) in [5.41, 5.74) is 2.88. The van der Waals surface area contributed by atoms with Gasteiger partial charge in [-0.15, -0.1) is 0 Å². The number of aromatic nitrogens is 1. The maximum atomic E-state index is 12.9. The van der Waals surface area contributed by atoms with E-state index in [1.807, 2.05) is 48.5 Å². The number of hydrogen-bond donors (Lipinski definition) is 2. The molecule has 0 spiro atoms. The van der Waals surface area contributed by atoms with Crippen LogP contribution in [0.5, 0.6) is 5.75 Å². The lowest BCUT2D eigenvalue weighted by Gasteiger charge is -2.15. The number of anilines is 2. The third-order valence-corrected chi connectivity index (χ3v) is 5.52. The highest BCUT2D eigenvalue weighted by atomic mass is 16.5. The average Bonchev–Trinajstić information content (AvgIpc) is 2.80. The Balaban J connectivity index is 1.54. The fourth-order valence-corrected chi connectivity index (χ4v) is 3.91. The Morgan fingerprint density at radius 3 is 2.67 bits per heavy atom. The van der Waals surface area contributed by atoms with Gasteiger partial charge in [-0.2, -0.15) is 0 Å². The molecule has 2 aromatic carbocycles. The molecular weight excluding hydrogens is 374 g/mol. The monoisotopic (exact) mass is 401 g/mol. The van der Waals surface area contributed by atoms with Crippen molar-refractivity contribution >= 4 is 28.2 Å². The first kappa shape index (κ1) is 20.0. The molecule has 0 atom stereocenters. The van der Waals surface area contributed by atoms with E-state index in [-0.39, 0.29) is 5.91 Å². The standard InChI is InChI=1S/C25H27N3O2/c1-30-23-14-8-7-13-22(23)28-24-20-12-6-5-11-19(20)21(17-27-24)25(29)26-16-15-18-9-3-2-4-10-18/h5-9,11-14,17H,2-4,10,15-16H2,1H3,(H,26,29)(H,27,28). The number of amides is 1. The van der Waals surface area contributed by atoms with Crippen molar-refractivity contribution in [1.29, 1.82) is 0 Å². The number of hydrogen-bond acceptors (Lipinski definition) is 4. The molecule has 0 fully saturated rings. The van der Waals surface area contributed by atoms with Crippen molar-refractivity contribution in [2.45, 2.75) is 32.1 Å². The van der Waals surface area contributed by atoms with Crippen LogP contribution in [0, 0.1) is 0 Å². The van der Waals surface area contributed by atoms with Crippen molar-refractivity contribution < 1.29 is 9.53 Å². The molecule has 0 saturated carbocycles. The van der Waals surface area contributed by atoms with E-state index in [0.717, 1.165) is 35.1 Å². The first-order valence-corrected chi connectivity index (χ1v) is 10.5. The first-order valence-electron chi connectivity index (χ1n) is 10.5. The summed E-state index contributed by atoms with van der Waals surface area (Å²) in [6, 6.07) is 15.5. The molecule has 0 saturated heterocycles. The number of nitrogens with zero attached hydrogens (tertiary/aromatic N) is 1. The normalized spacial score (nSPS) is 13.6. The molecule has 1 aromatic heterocycles. The smallest absolute Gasteiger partial charge is 0.253 e. The zero-order valence-electron chi connectivity index (χ0n) is 17.3. The highest BCUT2D eigenvalue weighted by Crippen LogP contribution is 2.31. The molecule has 0 bridgehead atoms. The van der Waals surface area contributed by atoms with Crippen LogP contribution in [0.1, 0.15) is 42.5 Å². The van der Waals surface area contributed by atoms with Gasteiger partial charge in [0, 0.05) is 18.1 Å². The van der Waals surface area contributed by atoms with Crippen LogP contribution in [0.3, 0.4) is 0 Å². The zero-order chi connectivity index (χ0) is 20.8. The van der Waals surface area contributed by atoms with Gasteiger partial charge in [-0.3, -0.25) is 4.79 Å². The minimum atomic E-state index is -0.0843. The molecule has 154 valence electrons. The Morgan fingerprint density at radius 1 is 1.07 bits per heavy atom. The van der Waals surface area contributed by atoms with Gasteiger partial charge in [0.1, 0.15) is 11.6 Å². The van der Waals surface area contributed by atoms with Crippen LogP contribution >= 0.6 is 0 Å². The van der Waals surface area contributed by atoms with Crippen LogP contribution in [0.25, 0.3) is 10.8 Å². The summed E-state index contributed by atoms with van der Waals surface area (Å²) >= 11 is 0. The molecule has 4 rings (SSSR count). The molecule has 2 N–H and O–H groups in total. The van der Waals surface area contributed by atoms with Crippen LogP contribution < -0.4 is 15.4 Å². The van der Waals surface area contributed by atoms with Crippen LogP contribution in [-0.2, 0) is 0 Å². The number of fused-ring (bicyclic) bond motifs is 1. The van der Waals surface area contributed by atoms with Gasteiger partial charge in [0.2, 0.25) is 0 Å². The molecule has 30 heavy (non-hydrogen) atoms. The third-order valence-electron chi connectivity index (χ3n) is 5.52. The van der Waals surface area contributed by atoms with Gasteiger partial charge in [0.15, 0.2) is 0 Å². The van der Waals surface area contributed by atoms with Crippen LogP contribution in [0.2, 0.25) is 0 Å². The number of nitrogens with one attached hydrogen (secondary N) is 2. The largest absolute Gasteiger partial charge is 0.495 e. The van der Waals surface area contributed by atoms with E-state index in [0.29, 0.717) is 17.9 Å². The van der Waals surface area contributed by atoms with Crippen molar-refractivity contribution in [3.63, 3.8) is 0 Å². The van der Waals surface area contributed by atoms with Gasteiger partial charge in [-0.05, 0) is 49.6 Å². The van der Waals surface area contributed by atoms with E-state index in [2.05, 4.69) is 21.7 Å². The minimum Gasteiger partial charge on any atom is -0.495 e. The van der Waals surface area contributed by atoms with E-state index < -0.39 is 0 Å². The second-order valence-corrected chi connectivity index (χ2v) is 7.51. The van der Waals surface area contributed by atoms with E-state index in [1.165, 1.54) is 24.8 Å². The second-order valence-electron chi connectivity index (χ2n) is 7.51. The Kier molecular flexibility index (Phi) is 6.28. The summed E-state index contributed by atoms with van der Waals surface area (Å²) in [4.78, 5) is 17.4. The van der Waals surface area contributed by atoms with E-state index in [9.17, 15) is 4.79 Å². The summed E-state index contributed by atoms with van der Waals surface area (Å²) < 4.78 is 5.43. The SMILES string of the molecule is COc1ccccc1Nc1ncc(C(=O)NCCC2=CCCCC2)c2ccccc12. The number of allylic oxidation sites excluding steroid dienone is 1. The second kappa shape index (κ2) is 9.44. The Morgan fingerprint density at radius 2 is 1.87 bits per heavy atom. The number of pyridine rings is 1.